The molecule has 0 aromatic heterocycles. The van der Waals surface area contributed by atoms with Gasteiger partial charge in [-0.05, 0) is 75.2 Å². The number of amides is 1. The zero-order valence-corrected chi connectivity index (χ0v) is 18.8. The minimum absolute atomic E-state index is 0.0575. The van der Waals surface area contributed by atoms with Crippen LogP contribution in [-0.2, 0) is 9.84 Å². The summed E-state index contributed by atoms with van der Waals surface area (Å²) in [6.07, 6.45) is 3.45. The van der Waals surface area contributed by atoms with Crippen molar-refractivity contribution >= 4 is 33.2 Å². The first kappa shape index (κ1) is 21.2. The molecule has 2 aromatic rings. The van der Waals surface area contributed by atoms with Crippen molar-refractivity contribution in [1.29, 1.82) is 0 Å². The summed E-state index contributed by atoms with van der Waals surface area (Å²) in [5.41, 5.74) is 6.75. The van der Waals surface area contributed by atoms with Gasteiger partial charge in [0, 0.05) is 33.7 Å². The van der Waals surface area contributed by atoms with Crippen LogP contribution in [0.15, 0.2) is 57.2 Å². The predicted molar refractivity (Wildman–Crippen MR) is 120 cm³/mol. The lowest BCUT2D eigenvalue weighted by Gasteiger charge is -2.49. The van der Waals surface area contributed by atoms with Gasteiger partial charge in [-0.2, -0.15) is 0 Å². The number of benzene rings is 2. The Bertz CT molecular complexity index is 1040. The van der Waals surface area contributed by atoms with Gasteiger partial charge in [0.2, 0.25) is 0 Å². The third kappa shape index (κ3) is 4.22. The highest BCUT2D eigenvalue weighted by molar-refractivity contribution is 8.00. The van der Waals surface area contributed by atoms with Crippen molar-refractivity contribution in [2.24, 2.45) is 5.92 Å². The van der Waals surface area contributed by atoms with Gasteiger partial charge in [0.1, 0.15) is 4.90 Å². The number of carbonyl (C=O) groups excluding carboxylic acids is 1. The van der Waals surface area contributed by atoms with Gasteiger partial charge >= 0.3 is 0 Å². The van der Waals surface area contributed by atoms with Crippen molar-refractivity contribution in [2.45, 2.75) is 46.5 Å². The zero-order chi connectivity index (χ0) is 21.5. The molecule has 0 radical (unpaired) electrons. The largest absolute Gasteiger partial charge is 0.398 e. The third-order valence-electron chi connectivity index (χ3n) is 6.20. The van der Waals surface area contributed by atoms with Gasteiger partial charge in [0.15, 0.2) is 9.84 Å². The number of nitrogens with zero attached hydrogens (tertiary/aromatic N) is 1. The second-order valence-corrected chi connectivity index (χ2v) is 11.3. The maximum Gasteiger partial charge on any atom is 0.251 e. The predicted octanol–water partition coefficient (Wildman–Crippen LogP) is 3.04. The molecule has 3 aliphatic heterocycles. The highest BCUT2D eigenvalue weighted by Gasteiger charge is 2.40. The number of hydrogen-bond acceptors (Lipinski definition) is 6. The Hall–Kier alpha value is -2.03. The Kier molecular flexibility index (Phi) is 5.83. The summed E-state index contributed by atoms with van der Waals surface area (Å²) in [4.78, 5) is 16.8. The molecule has 3 saturated heterocycles. The molecule has 160 valence electrons. The highest BCUT2D eigenvalue weighted by atomic mass is 32.2. The van der Waals surface area contributed by atoms with Crippen LogP contribution >= 0.6 is 11.8 Å². The van der Waals surface area contributed by atoms with Crippen molar-refractivity contribution in [3.8, 4) is 0 Å². The van der Waals surface area contributed by atoms with E-state index in [9.17, 15) is 13.2 Å². The van der Waals surface area contributed by atoms with E-state index >= 15 is 0 Å². The molecular formula is C22H27N3O3S2. The average molecular weight is 446 g/mol. The van der Waals surface area contributed by atoms with E-state index in [4.69, 9.17) is 5.73 Å². The second kappa shape index (κ2) is 8.24. The summed E-state index contributed by atoms with van der Waals surface area (Å²) < 4.78 is 24.3. The highest BCUT2D eigenvalue weighted by Crippen LogP contribution is 2.36. The molecule has 0 aliphatic carbocycles. The van der Waals surface area contributed by atoms with Gasteiger partial charge < -0.3 is 11.1 Å². The summed E-state index contributed by atoms with van der Waals surface area (Å²) in [5, 5.41) is 3.24. The smallest absolute Gasteiger partial charge is 0.251 e. The van der Waals surface area contributed by atoms with Gasteiger partial charge in [0.05, 0.1) is 5.69 Å². The first-order chi connectivity index (χ1) is 14.2. The molecule has 6 nitrogen and oxygen atoms in total. The SMILES string of the molecule is C[C@H]1[C@H](NC(=O)c2ccc(Sc3cccc(N)c3S(C)(=O)=O)cc2)C2CCN1CC2. The first-order valence-corrected chi connectivity index (χ1v) is 12.9. The topological polar surface area (TPSA) is 92.5 Å². The van der Waals surface area contributed by atoms with Crippen molar-refractivity contribution in [3.63, 3.8) is 0 Å². The second-order valence-electron chi connectivity index (χ2n) is 8.19. The normalized spacial score (nSPS) is 25.8. The van der Waals surface area contributed by atoms with E-state index in [1.165, 1.54) is 11.8 Å². The van der Waals surface area contributed by atoms with Gasteiger partial charge in [0.25, 0.3) is 5.91 Å². The van der Waals surface area contributed by atoms with Crippen LogP contribution in [0.2, 0.25) is 0 Å². The lowest BCUT2D eigenvalue weighted by molar-refractivity contribution is 0.0217. The Morgan fingerprint density at radius 1 is 1.13 bits per heavy atom. The fourth-order valence-corrected chi connectivity index (χ4v) is 6.98. The quantitative estimate of drug-likeness (QED) is 0.688. The molecular weight excluding hydrogens is 418 g/mol. The van der Waals surface area contributed by atoms with Crippen LogP contribution in [0.3, 0.4) is 0 Å². The lowest BCUT2D eigenvalue weighted by Crippen LogP contribution is -2.62. The number of anilines is 1. The summed E-state index contributed by atoms with van der Waals surface area (Å²) >= 11 is 1.32. The molecule has 0 unspecified atom stereocenters. The van der Waals surface area contributed by atoms with Crippen LogP contribution in [-0.4, -0.2) is 50.7 Å². The average Bonchev–Trinajstić information content (AvgIpc) is 2.70. The number of sulfone groups is 1. The van der Waals surface area contributed by atoms with Crippen LogP contribution in [0.5, 0.6) is 0 Å². The van der Waals surface area contributed by atoms with Crippen LogP contribution in [0, 0.1) is 5.92 Å². The van der Waals surface area contributed by atoms with Gasteiger partial charge in [-0.3, -0.25) is 9.69 Å². The summed E-state index contributed by atoms with van der Waals surface area (Å²) in [7, 11) is -3.45. The van der Waals surface area contributed by atoms with Gasteiger partial charge in [-0.15, -0.1) is 0 Å². The molecule has 5 rings (SSSR count). The minimum atomic E-state index is -3.45. The summed E-state index contributed by atoms with van der Waals surface area (Å²) in [6.45, 7) is 4.45. The molecule has 3 fully saturated rings. The van der Waals surface area contributed by atoms with Gasteiger partial charge in [-0.1, -0.05) is 17.8 Å². The maximum absolute atomic E-state index is 12.8. The minimum Gasteiger partial charge on any atom is -0.398 e. The van der Waals surface area contributed by atoms with E-state index in [0.29, 0.717) is 22.4 Å². The Labute approximate surface area is 182 Å². The van der Waals surface area contributed by atoms with Crippen LogP contribution in [0.25, 0.3) is 0 Å². The molecule has 0 saturated carbocycles. The number of piperidine rings is 3. The number of hydrogen-bond donors (Lipinski definition) is 2. The van der Waals surface area contributed by atoms with E-state index in [-0.39, 0.29) is 22.5 Å². The number of nitrogens with one attached hydrogen (secondary N) is 1. The molecule has 3 aliphatic rings. The third-order valence-corrected chi connectivity index (χ3v) is 8.59. The van der Waals surface area contributed by atoms with E-state index in [1.54, 1.807) is 30.3 Å². The van der Waals surface area contributed by atoms with Crippen molar-refractivity contribution in [1.82, 2.24) is 10.2 Å². The number of carbonyl (C=O) groups is 1. The Morgan fingerprint density at radius 3 is 2.40 bits per heavy atom. The fraction of sp³-hybridized carbons (Fsp3) is 0.409. The summed E-state index contributed by atoms with van der Waals surface area (Å²) in [5.74, 6) is 0.500. The number of rotatable bonds is 5. The molecule has 3 heterocycles. The first-order valence-electron chi connectivity index (χ1n) is 10.2. The molecule has 8 heteroatoms. The standard InChI is InChI=1S/C22H27N3O3S2/c1-14-20(15-10-12-25(14)13-11-15)24-22(26)16-6-8-17(9-7-16)29-19-5-3-4-18(23)21(19)30(2,27)28/h3-9,14-15,20H,10-13,23H2,1-2H3,(H,24,26)/t14-,20-/m0/s1. The number of nitrogen functional groups attached to an aromatic ring is 1. The van der Waals surface area contributed by atoms with E-state index in [1.807, 2.05) is 12.1 Å². The van der Waals surface area contributed by atoms with Crippen LogP contribution < -0.4 is 11.1 Å². The Balaban J connectivity index is 1.48. The van der Waals surface area contributed by atoms with Gasteiger partial charge in [-0.25, -0.2) is 8.42 Å². The maximum atomic E-state index is 12.8. The fourth-order valence-electron chi connectivity index (χ4n) is 4.59. The van der Waals surface area contributed by atoms with Crippen LogP contribution in [0.1, 0.15) is 30.1 Å². The van der Waals surface area contributed by atoms with Crippen molar-refractivity contribution in [2.75, 3.05) is 25.1 Å². The van der Waals surface area contributed by atoms with E-state index in [2.05, 4.69) is 17.1 Å². The molecule has 2 atom stereocenters. The van der Waals surface area contributed by atoms with Crippen molar-refractivity contribution < 1.29 is 13.2 Å². The lowest BCUT2D eigenvalue weighted by atomic mass is 9.79. The molecule has 2 aromatic carbocycles. The van der Waals surface area contributed by atoms with E-state index in [0.717, 1.165) is 37.1 Å². The molecule has 30 heavy (non-hydrogen) atoms. The molecule has 3 N–H and O–H groups in total. The van der Waals surface area contributed by atoms with Crippen LogP contribution in [0.4, 0.5) is 5.69 Å². The Morgan fingerprint density at radius 2 is 1.80 bits per heavy atom. The van der Waals surface area contributed by atoms with Crippen molar-refractivity contribution in [3.05, 3.63) is 48.0 Å². The van der Waals surface area contributed by atoms with E-state index < -0.39 is 9.84 Å². The molecule has 2 bridgehead atoms. The molecule has 0 spiro atoms. The summed E-state index contributed by atoms with van der Waals surface area (Å²) in [6, 6.07) is 12.9. The zero-order valence-electron chi connectivity index (χ0n) is 17.2. The number of nitrogens with two attached hydrogens (primary N) is 1. The molecule has 1 amide bonds. The number of fused-ring (bicyclic) bond motifs is 3. The monoisotopic (exact) mass is 445 g/mol.